The predicted molar refractivity (Wildman–Crippen MR) is 85.8 cm³/mol. The fourth-order valence-electron chi connectivity index (χ4n) is 2.55. The molecular weight excluding hydrogens is 298 g/mol. The smallest absolute Gasteiger partial charge is 0.240 e. The zero-order valence-corrected chi connectivity index (χ0v) is 13.2. The fraction of sp³-hybridized carbons (Fsp3) is 0.312. The molecule has 0 fully saturated rings. The van der Waals surface area contributed by atoms with E-state index >= 15 is 0 Å². The second-order valence-corrected chi connectivity index (χ2v) is 6.31. The highest BCUT2D eigenvalue weighted by Gasteiger charge is 2.25. The maximum atomic E-state index is 12.1. The molecule has 2 heterocycles. The lowest BCUT2D eigenvalue weighted by atomic mass is 10.0. The number of carbonyl (C=O) groups is 2. The molecule has 1 N–H and O–H groups in total. The molecule has 1 aromatic heterocycles. The molecule has 0 bridgehead atoms. The Bertz CT molecular complexity index is 711. The number of rotatable bonds is 4. The van der Waals surface area contributed by atoms with E-state index in [4.69, 9.17) is 0 Å². The van der Waals surface area contributed by atoms with Gasteiger partial charge in [0.05, 0.1) is 17.2 Å². The van der Waals surface area contributed by atoms with Gasteiger partial charge in [-0.15, -0.1) is 11.3 Å². The second kappa shape index (κ2) is 6.27. The summed E-state index contributed by atoms with van der Waals surface area (Å²) in [4.78, 5) is 30.1. The first-order valence-corrected chi connectivity index (χ1v) is 8.07. The lowest BCUT2D eigenvalue weighted by Gasteiger charge is -2.28. The molecule has 0 unspecified atom stereocenters. The van der Waals surface area contributed by atoms with Crippen molar-refractivity contribution in [3.63, 3.8) is 0 Å². The highest BCUT2D eigenvalue weighted by atomic mass is 32.1. The van der Waals surface area contributed by atoms with Gasteiger partial charge < -0.3 is 10.2 Å². The summed E-state index contributed by atoms with van der Waals surface area (Å²) in [7, 11) is 0. The highest BCUT2D eigenvalue weighted by Crippen LogP contribution is 2.27. The third kappa shape index (κ3) is 3.17. The van der Waals surface area contributed by atoms with Gasteiger partial charge >= 0.3 is 0 Å². The summed E-state index contributed by atoms with van der Waals surface area (Å²) in [5, 5.41) is 5.73. The van der Waals surface area contributed by atoms with Gasteiger partial charge in [-0.3, -0.25) is 9.59 Å². The summed E-state index contributed by atoms with van der Waals surface area (Å²) in [5.74, 6) is -0.172. The van der Waals surface area contributed by atoms with E-state index in [1.54, 1.807) is 16.2 Å². The van der Waals surface area contributed by atoms with Gasteiger partial charge in [0.25, 0.3) is 0 Å². The van der Waals surface area contributed by atoms with E-state index in [2.05, 4.69) is 10.3 Å². The quantitative estimate of drug-likeness (QED) is 0.939. The number of fused-ring (bicyclic) bond motifs is 1. The monoisotopic (exact) mass is 315 g/mol. The number of hydrogen-bond acceptors (Lipinski definition) is 4. The van der Waals surface area contributed by atoms with Gasteiger partial charge in [-0.05, 0) is 25.0 Å². The number of benzene rings is 1. The maximum absolute atomic E-state index is 12.1. The normalized spacial score (nSPS) is 13.9. The molecule has 0 radical (unpaired) electrons. The Hall–Kier alpha value is -2.21. The van der Waals surface area contributed by atoms with Crippen molar-refractivity contribution in [2.45, 2.75) is 26.3 Å². The van der Waals surface area contributed by atoms with Gasteiger partial charge in [-0.2, -0.15) is 0 Å². The van der Waals surface area contributed by atoms with Gasteiger partial charge in [0, 0.05) is 17.5 Å². The van der Waals surface area contributed by atoms with Crippen LogP contribution in [0.4, 0.5) is 5.69 Å². The molecule has 1 aliphatic heterocycles. The van der Waals surface area contributed by atoms with Crippen LogP contribution in [0.2, 0.25) is 0 Å². The Morgan fingerprint density at radius 3 is 2.95 bits per heavy atom. The van der Waals surface area contributed by atoms with E-state index in [0.29, 0.717) is 13.0 Å². The minimum absolute atomic E-state index is 0.00153. The second-order valence-electron chi connectivity index (χ2n) is 5.24. The topological polar surface area (TPSA) is 62.3 Å². The van der Waals surface area contributed by atoms with E-state index in [0.717, 1.165) is 28.4 Å². The zero-order valence-electron chi connectivity index (χ0n) is 12.3. The predicted octanol–water partition coefficient (Wildman–Crippen LogP) is 2.05. The van der Waals surface area contributed by atoms with Crippen molar-refractivity contribution < 1.29 is 9.59 Å². The average molecular weight is 315 g/mol. The first-order valence-electron chi connectivity index (χ1n) is 7.19. The molecule has 0 aliphatic carbocycles. The number of aromatic nitrogens is 1. The minimum atomic E-state index is -0.171. The molecule has 2 aromatic rings. The van der Waals surface area contributed by atoms with Crippen molar-refractivity contribution in [2.24, 2.45) is 0 Å². The third-order valence-electron chi connectivity index (χ3n) is 3.63. The van der Waals surface area contributed by atoms with Crippen molar-refractivity contribution >= 4 is 28.8 Å². The molecule has 1 aliphatic rings. The Kier molecular flexibility index (Phi) is 4.20. The number of aryl methyl sites for hydroxylation is 2. The van der Waals surface area contributed by atoms with E-state index < -0.39 is 0 Å². The number of anilines is 1. The fourth-order valence-corrected chi connectivity index (χ4v) is 3.16. The number of thiazole rings is 1. The molecule has 0 saturated carbocycles. The van der Waals surface area contributed by atoms with Crippen LogP contribution in [0, 0.1) is 6.92 Å². The lowest BCUT2D eigenvalue weighted by Crippen LogP contribution is -2.42. The Morgan fingerprint density at radius 2 is 2.18 bits per heavy atom. The molecular formula is C16H17N3O2S. The third-order valence-corrected chi connectivity index (χ3v) is 4.45. The standard InChI is InChI=1S/C16H17N3O2S/c1-11-18-13(10-22-11)8-17-15(20)9-19-14-5-3-2-4-12(14)6-7-16(19)21/h2-5,10H,6-9H2,1H3,(H,17,20). The van der Waals surface area contributed by atoms with E-state index in [1.807, 2.05) is 36.6 Å². The van der Waals surface area contributed by atoms with E-state index in [9.17, 15) is 9.59 Å². The summed E-state index contributed by atoms with van der Waals surface area (Å²) in [5.41, 5.74) is 2.81. The summed E-state index contributed by atoms with van der Waals surface area (Å²) in [6.07, 6.45) is 1.20. The first-order chi connectivity index (χ1) is 10.6. The number of para-hydroxylation sites is 1. The Labute approximate surface area is 133 Å². The van der Waals surface area contributed by atoms with Crippen molar-refractivity contribution in [3.8, 4) is 0 Å². The van der Waals surface area contributed by atoms with Crippen molar-refractivity contribution in [1.82, 2.24) is 10.3 Å². The number of amides is 2. The summed E-state index contributed by atoms with van der Waals surface area (Å²) in [6.45, 7) is 2.38. The molecule has 0 saturated heterocycles. The van der Waals surface area contributed by atoms with E-state index in [-0.39, 0.29) is 18.4 Å². The summed E-state index contributed by atoms with van der Waals surface area (Å²) < 4.78 is 0. The molecule has 0 atom stereocenters. The van der Waals surface area contributed by atoms with Crippen LogP contribution >= 0.6 is 11.3 Å². The van der Waals surface area contributed by atoms with Crippen LogP contribution in [0.5, 0.6) is 0 Å². The molecule has 6 heteroatoms. The SMILES string of the molecule is Cc1nc(CNC(=O)CN2C(=O)CCc3ccccc32)cs1. The molecule has 3 rings (SSSR count). The van der Waals surface area contributed by atoms with Gasteiger partial charge in [-0.1, -0.05) is 18.2 Å². The van der Waals surface area contributed by atoms with Crippen LogP contribution in [0.1, 0.15) is 22.7 Å². The first kappa shape index (κ1) is 14.7. The van der Waals surface area contributed by atoms with Crippen molar-refractivity contribution in [2.75, 3.05) is 11.4 Å². The molecule has 1 aromatic carbocycles. The molecule has 5 nitrogen and oxygen atoms in total. The van der Waals surface area contributed by atoms with Crippen LogP contribution in [-0.4, -0.2) is 23.3 Å². The van der Waals surface area contributed by atoms with Gasteiger partial charge in [-0.25, -0.2) is 4.98 Å². The molecule has 22 heavy (non-hydrogen) atoms. The Morgan fingerprint density at radius 1 is 1.36 bits per heavy atom. The van der Waals surface area contributed by atoms with Crippen LogP contribution < -0.4 is 10.2 Å². The number of nitrogens with zero attached hydrogens (tertiary/aromatic N) is 2. The van der Waals surface area contributed by atoms with Crippen molar-refractivity contribution in [3.05, 3.63) is 45.9 Å². The van der Waals surface area contributed by atoms with Crippen molar-refractivity contribution in [1.29, 1.82) is 0 Å². The largest absolute Gasteiger partial charge is 0.349 e. The Balaban J connectivity index is 1.64. The molecule has 0 spiro atoms. The van der Waals surface area contributed by atoms with Gasteiger partial charge in [0.1, 0.15) is 6.54 Å². The number of nitrogens with one attached hydrogen (secondary N) is 1. The van der Waals surface area contributed by atoms with Crippen LogP contribution in [-0.2, 0) is 22.6 Å². The number of carbonyl (C=O) groups excluding carboxylic acids is 2. The van der Waals surface area contributed by atoms with Crippen LogP contribution in [0.3, 0.4) is 0 Å². The number of hydrogen-bond donors (Lipinski definition) is 1. The van der Waals surface area contributed by atoms with Gasteiger partial charge in [0.15, 0.2) is 0 Å². The highest BCUT2D eigenvalue weighted by molar-refractivity contribution is 7.09. The summed E-state index contributed by atoms with van der Waals surface area (Å²) >= 11 is 1.56. The molecule has 114 valence electrons. The van der Waals surface area contributed by atoms with Gasteiger partial charge in [0.2, 0.25) is 11.8 Å². The van der Waals surface area contributed by atoms with E-state index in [1.165, 1.54) is 0 Å². The minimum Gasteiger partial charge on any atom is -0.349 e. The van der Waals surface area contributed by atoms with Crippen LogP contribution in [0.25, 0.3) is 0 Å². The average Bonchev–Trinajstić information content (AvgIpc) is 2.94. The zero-order chi connectivity index (χ0) is 15.5. The van der Waals surface area contributed by atoms with Crippen LogP contribution in [0.15, 0.2) is 29.6 Å². The molecule has 2 amide bonds. The summed E-state index contributed by atoms with van der Waals surface area (Å²) in [6, 6.07) is 7.74. The lowest BCUT2D eigenvalue weighted by molar-refractivity contribution is -0.124. The maximum Gasteiger partial charge on any atom is 0.240 e.